The van der Waals surface area contributed by atoms with Gasteiger partial charge in [-0.15, -0.1) is 10.2 Å². The number of rotatable bonds is 7. The molecule has 1 N–H and O–H groups in total. The van der Waals surface area contributed by atoms with Gasteiger partial charge in [-0.1, -0.05) is 11.3 Å². The highest BCUT2D eigenvalue weighted by Gasteiger charge is 2.19. The Morgan fingerprint density at radius 3 is 2.62 bits per heavy atom. The number of hydrogen-bond acceptors (Lipinski definition) is 7. The smallest absolute Gasteiger partial charge is 0.240 e. The van der Waals surface area contributed by atoms with Crippen LogP contribution in [0, 0.1) is 6.92 Å². The zero-order chi connectivity index (χ0) is 15.1. The predicted octanol–water partition coefficient (Wildman–Crippen LogP) is 0.439. The number of hydrogen-bond donors (Lipinski definition) is 1. The van der Waals surface area contributed by atoms with Crippen molar-refractivity contribution in [1.29, 1.82) is 0 Å². The molecule has 0 saturated carbocycles. The maximum absolute atomic E-state index is 11.9. The summed E-state index contributed by atoms with van der Waals surface area (Å²) in [6, 6.07) is 0. The molecule has 7 nitrogen and oxygen atoms in total. The molecule has 0 spiro atoms. The quantitative estimate of drug-likeness (QED) is 0.737. The number of carbonyl (C=O) groups excluding carboxylic acids is 1. The van der Waals surface area contributed by atoms with Crippen LogP contribution in [0.4, 0.5) is 5.13 Å². The van der Waals surface area contributed by atoms with E-state index in [2.05, 4.69) is 25.3 Å². The van der Waals surface area contributed by atoms with E-state index in [1.807, 2.05) is 13.8 Å². The van der Waals surface area contributed by atoms with Crippen LogP contribution in [-0.2, 0) is 9.53 Å². The van der Waals surface area contributed by atoms with Crippen LogP contribution in [0.5, 0.6) is 0 Å². The molecular formula is C13H23N5O2S. The van der Waals surface area contributed by atoms with Gasteiger partial charge < -0.3 is 4.74 Å². The number of carbonyl (C=O) groups is 1. The van der Waals surface area contributed by atoms with Crippen LogP contribution in [0.3, 0.4) is 0 Å². The lowest BCUT2D eigenvalue weighted by molar-refractivity contribution is -0.117. The Morgan fingerprint density at radius 1 is 1.29 bits per heavy atom. The van der Waals surface area contributed by atoms with Gasteiger partial charge in [-0.2, -0.15) is 0 Å². The molecule has 0 aliphatic carbocycles. The summed E-state index contributed by atoms with van der Waals surface area (Å²) in [6.45, 7) is 10.6. The van der Waals surface area contributed by atoms with E-state index in [9.17, 15) is 4.79 Å². The monoisotopic (exact) mass is 313 g/mol. The predicted molar refractivity (Wildman–Crippen MR) is 82.6 cm³/mol. The van der Waals surface area contributed by atoms with Crippen molar-refractivity contribution >= 4 is 22.4 Å². The summed E-state index contributed by atoms with van der Waals surface area (Å²) in [6.07, 6.45) is 0. The van der Waals surface area contributed by atoms with Gasteiger partial charge in [0.15, 0.2) is 0 Å². The fourth-order valence-corrected chi connectivity index (χ4v) is 2.83. The highest BCUT2D eigenvalue weighted by molar-refractivity contribution is 7.15. The Kier molecular flexibility index (Phi) is 6.50. The number of anilines is 1. The highest BCUT2D eigenvalue weighted by atomic mass is 32.1. The molecule has 1 aliphatic rings. The third-order valence-electron chi connectivity index (χ3n) is 3.36. The van der Waals surface area contributed by atoms with E-state index >= 15 is 0 Å². The van der Waals surface area contributed by atoms with Crippen LogP contribution in [0.1, 0.15) is 11.9 Å². The molecular weight excluding hydrogens is 290 g/mol. The van der Waals surface area contributed by atoms with Crippen molar-refractivity contribution in [3.05, 3.63) is 5.01 Å². The number of nitrogens with zero attached hydrogens (tertiary/aromatic N) is 4. The van der Waals surface area contributed by atoms with Crippen LogP contribution >= 0.6 is 11.3 Å². The second-order valence-electron chi connectivity index (χ2n) is 4.99. The molecule has 2 heterocycles. The number of nitrogens with one attached hydrogen (secondary N) is 1. The number of ether oxygens (including phenoxy) is 1. The van der Waals surface area contributed by atoms with Crippen molar-refractivity contribution in [3.8, 4) is 0 Å². The molecule has 0 unspecified atom stereocenters. The van der Waals surface area contributed by atoms with Crippen molar-refractivity contribution in [2.75, 3.05) is 57.8 Å². The van der Waals surface area contributed by atoms with Crippen LogP contribution in [0.25, 0.3) is 0 Å². The van der Waals surface area contributed by atoms with E-state index in [-0.39, 0.29) is 5.91 Å². The van der Waals surface area contributed by atoms with E-state index in [1.165, 1.54) is 11.3 Å². The molecule has 1 aromatic rings. The lowest BCUT2D eigenvalue weighted by atomic mass is 10.3. The van der Waals surface area contributed by atoms with Gasteiger partial charge in [0.1, 0.15) is 5.01 Å². The Morgan fingerprint density at radius 2 is 2.00 bits per heavy atom. The molecule has 0 bridgehead atoms. The SMILES string of the molecule is CCOCCN1CCN(CC(=O)Nc2nnc(C)s2)CC1. The Hall–Kier alpha value is -1.09. The Bertz CT molecular complexity index is 446. The zero-order valence-corrected chi connectivity index (χ0v) is 13.5. The molecule has 21 heavy (non-hydrogen) atoms. The summed E-state index contributed by atoms with van der Waals surface area (Å²) < 4.78 is 5.36. The van der Waals surface area contributed by atoms with Crippen LogP contribution < -0.4 is 5.32 Å². The average molecular weight is 313 g/mol. The number of aryl methyl sites for hydroxylation is 1. The van der Waals surface area contributed by atoms with Crippen molar-refractivity contribution < 1.29 is 9.53 Å². The third kappa shape index (κ3) is 5.66. The minimum absolute atomic E-state index is 0.0195. The molecule has 1 aliphatic heterocycles. The summed E-state index contributed by atoms with van der Waals surface area (Å²) >= 11 is 1.39. The van der Waals surface area contributed by atoms with E-state index < -0.39 is 0 Å². The number of piperazine rings is 1. The maximum atomic E-state index is 11.9. The van der Waals surface area contributed by atoms with E-state index in [1.54, 1.807) is 0 Å². The first-order chi connectivity index (χ1) is 10.2. The van der Waals surface area contributed by atoms with Crippen molar-refractivity contribution in [2.24, 2.45) is 0 Å². The standard InChI is InChI=1S/C13H23N5O2S/c1-3-20-9-8-17-4-6-18(7-5-17)10-12(19)14-13-16-15-11(2)21-13/h3-10H2,1-2H3,(H,14,16,19). The summed E-state index contributed by atoms with van der Waals surface area (Å²) in [5.41, 5.74) is 0. The highest BCUT2D eigenvalue weighted by Crippen LogP contribution is 2.13. The topological polar surface area (TPSA) is 70.6 Å². The molecule has 1 saturated heterocycles. The van der Waals surface area contributed by atoms with Crippen LogP contribution in [-0.4, -0.2) is 78.4 Å². The van der Waals surface area contributed by atoms with Crippen molar-refractivity contribution in [3.63, 3.8) is 0 Å². The zero-order valence-electron chi connectivity index (χ0n) is 12.7. The fraction of sp³-hybridized carbons (Fsp3) is 0.769. The molecule has 0 atom stereocenters. The first-order valence-corrected chi connectivity index (χ1v) is 8.11. The molecule has 2 rings (SSSR count). The largest absolute Gasteiger partial charge is 0.380 e. The van der Waals surface area contributed by atoms with E-state index in [0.717, 1.165) is 50.9 Å². The summed E-state index contributed by atoms with van der Waals surface area (Å²) in [5.74, 6) is -0.0195. The van der Waals surface area contributed by atoms with Gasteiger partial charge in [0.25, 0.3) is 0 Å². The van der Waals surface area contributed by atoms with Gasteiger partial charge >= 0.3 is 0 Å². The van der Waals surface area contributed by atoms with Gasteiger partial charge in [0, 0.05) is 39.3 Å². The molecule has 1 amide bonds. The number of amides is 1. The molecule has 0 radical (unpaired) electrons. The van der Waals surface area contributed by atoms with Crippen LogP contribution in [0.15, 0.2) is 0 Å². The molecule has 0 aromatic carbocycles. The minimum Gasteiger partial charge on any atom is -0.380 e. The van der Waals surface area contributed by atoms with E-state index in [4.69, 9.17) is 4.74 Å². The summed E-state index contributed by atoms with van der Waals surface area (Å²) in [7, 11) is 0. The molecule has 1 fully saturated rings. The molecule has 1 aromatic heterocycles. The fourth-order valence-electron chi connectivity index (χ4n) is 2.22. The van der Waals surface area contributed by atoms with Gasteiger partial charge in [-0.3, -0.25) is 19.9 Å². The van der Waals surface area contributed by atoms with Gasteiger partial charge in [0.05, 0.1) is 13.2 Å². The first kappa shape index (κ1) is 16.3. The van der Waals surface area contributed by atoms with Crippen LogP contribution in [0.2, 0.25) is 0 Å². The molecule has 118 valence electrons. The number of aromatic nitrogens is 2. The Balaban J connectivity index is 1.65. The van der Waals surface area contributed by atoms with Gasteiger partial charge in [-0.25, -0.2) is 0 Å². The van der Waals surface area contributed by atoms with E-state index in [0.29, 0.717) is 11.7 Å². The maximum Gasteiger partial charge on any atom is 0.240 e. The lowest BCUT2D eigenvalue weighted by Crippen LogP contribution is -2.49. The summed E-state index contributed by atoms with van der Waals surface area (Å²) in [5, 5.41) is 12.0. The lowest BCUT2D eigenvalue weighted by Gasteiger charge is -2.34. The minimum atomic E-state index is -0.0195. The second-order valence-corrected chi connectivity index (χ2v) is 6.17. The first-order valence-electron chi connectivity index (χ1n) is 7.29. The van der Waals surface area contributed by atoms with Gasteiger partial charge in [-0.05, 0) is 13.8 Å². The second kappa shape index (κ2) is 8.38. The van der Waals surface area contributed by atoms with Crippen molar-refractivity contribution in [2.45, 2.75) is 13.8 Å². The van der Waals surface area contributed by atoms with Crippen molar-refractivity contribution in [1.82, 2.24) is 20.0 Å². The third-order valence-corrected chi connectivity index (χ3v) is 4.11. The average Bonchev–Trinajstić information content (AvgIpc) is 2.86. The Labute approximate surface area is 129 Å². The summed E-state index contributed by atoms with van der Waals surface area (Å²) in [4.78, 5) is 16.5. The van der Waals surface area contributed by atoms with Gasteiger partial charge in [0.2, 0.25) is 11.0 Å². The molecule has 8 heteroatoms. The normalized spacial score (nSPS) is 17.0.